The number of ketones is 1. The third-order valence-electron chi connectivity index (χ3n) is 1.35. The molecule has 0 aliphatic heterocycles. The van der Waals surface area contributed by atoms with Crippen LogP contribution in [0, 0.1) is 0 Å². The van der Waals surface area contributed by atoms with Gasteiger partial charge >= 0.3 is 0 Å². The number of carbonyl (C=O) groups excluding carboxylic acids is 1. The number of aliphatic hydroxyl groups excluding tert-OH is 1. The summed E-state index contributed by atoms with van der Waals surface area (Å²) in [7, 11) is 1.43. The molecule has 0 aromatic rings. The molecule has 60 valence electrons. The smallest absolute Gasteiger partial charge is 0.177 e. The van der Waals surface area contributed by atoms with Gasteiger partial charge in [-0.15, -0.1) is 0 Å². The van der Waals surface area contributed by atoms with Crippen LogP contribution in [0.2, 0.25) is 0 Å². The number of hydrogen-bond donors (Lipinski definition) is 2. The average Bonchev–Trinajstić information content (AvgIpc) is 2.00. The van der Waals surface area contributed by atoms with Gasteiger partial charge in [-0.1, -0.05) is 0 Å². The van der Waals surface area contributed by atoms with Crippen molar-refractivity contribution in [2.45, 2.75) is 19.1 Å². The fourth-order valence-electron chi connectivity index (χ4n) is 0.511. The number of Topliss-reactive ketones (excluding diaryl/α,β-unsaturated/α-hetero) is 1. The van der Waals surface area contributed by atoms with E-state index >= 15 is 0 Å². The first-order valence-corrected chi connectivity index (χ1v) is 3.07. The molecule has 0 aliphatic carbocycles. The van der Waals surface area contributed by atoms with E-state index < -0.39 is 18.0 Å². The van der Waals surface area contributed by atoms with Gasteiger partial charge in [-0.3, -0.25) is 4.79 Å². The summed E-state index contributed by atoms with van der Waals surface area (Å²) in [6.07, 6.45) is -1.56. The lowest BCUT2D eigenvalue weighted by Crippen LogP contribution is -2.37. The van der Waals surface area contributed by atoms with E-state index in [-0.39, 0.29) is 6.54 Å². The van der Waals surface area contributed by atoms with Crippen LogP contribution in [0.25, 0.3) is 0 Å². The summed E-state index contributed by atoms with van der Waals surface area (Å²) in [6.45, 7) is 1.47. The standard InChI is InChI=1S/C6H13NO3/c1-4(10-2)6(9)5(8)3-7/h4,6,9H,3,7H2,1-2H3/t4-,6-/m0/s1. The van der Waals surface area contributed by atoms with Crippen LogP contribution in [0.15, 0.2) is 0 Å². The Morgan fingerprint density at radius 2 is 2.30 bits per heavy atom. The van der Waals surface area contributed by atoms with Crippen LogP contribution in [0.5, 0.6) is 0 Å². The van der Waals surface area contributed by atoms with Crippen LogP contribution in [-0.2, 0) is 9.53 Å². The van der Waals surface area contributed by atoms with Crippen molar-refractivity contribution < 1.29 is 14.6 Å². The van der Waals surface area contributed by atoms with Gasteiger partial charge in [-0.2, -0.15) is 0 Å². The molecule has 0 spiro atoms. The first kappa shape index (κ1) is 9.55. The summed E-state index contributed by atoms with van der Waals surface area (Å²) < 4.78 is 4.71. The largest absolute Gasteiger partial charge is 0.383 e. The van der Waals surface area contributed by atoms with Crippen molar-refractivity contribution in [2.75, 3.05) is 13.7 Å². The normalized spacial score (nSPS) is 16.4. The van der Waals surface area contributed by atoms with Gasteiger partial charge in [0.2, 0.25) is 0 Å². The quantitative estimate of drug-likeness (QED) is 0.530. The summed E-state index contributed by atoms with van der Waals surface area (Å²) in [4.78, 5) is 10.7. The van der Waals surface area contributed by atoms with Gasteiger partial charge in [0.15, 0.2) is 5.78 Å². The summed E-state index contributed by atoms with van der Waals surface area (Å²) in [5.74, 6) is -0.394. The minimum atomic E-state index is -1.09. The van der Waals surface area contributed by atoms with E-state index in [0.717, 1.165) is 0 Å². The monoisotopic (exact) mass is 147 g/mol. The Morgan fingerprint density at radius 3 is 2.60 bits per heavy atom. The SMILES string of the molecule is CO[C@@H](C)[C@H](O)C(=O)CN. The average molecular weight is 147 g/mol. The molecule has 0 fully saturated rings. The number of ether oxygens (including phenoxy) is 1. The summed E-state index contributed by atoms with van der Waals surface area (Å²) in [5, 5.41) is 9.03. The fraction of sp³-hybridized carbons (Fsp3) is 0.833. The lowest BCUT2D eigenvalue weighted by atomic mass is 10.1. The number of aliphatic hydroxyl groups is 1. The maximum absolute atomic E-state index is 10.7. The minimum absolute atomic E-state index is 0.144. The van der Waals surface area contributed by atoms with Crippen molar-refractivity contribution >= 4 is 5.78 Å². The van der Waals surface area contributed by atoms with Gasteiger partial charge in [0.1, 0.15) is 6.10 Å². The highest BCUT2D eigenvalue weighted by atomic mass is 16.5. The van der Waals surface area contributed by atoms with E-state index in [4.69, 9.17) is 15.6 Å². The molecule has 0 rings (SSSR count). The van der Waals surface area contributed by atoms with Crippen molar-refractivity contribution in [1.29, 1.82) is 0 Å². The maximum Gasteiger partial charge on any atom is 0.177 e. The lowest BCUT2D eigenvalue weighted by Gasteiger charge is -2.14. The first-order valence-electron chi connectivity index (χ1n) is 3.07. The number of carbonyl (C=O) groups is 1. The molecule has 0 aromatic heterocycles. The molecule has 10 heavy (non-hydrogen) atoms. The van der Waals surface area contributed by atoms with Crippen molar-refractivity contribution in [1.82, 2.24) is 0 Å². The van der Waals surface area contributed by atoms with Crippen LogP contribution in [0.4, 0.5) is 0 Å². The van der Waals surface area contributed by atoms with Crippen molar-refractivity contribution in [3.05, 3.63) is 0 Å². The Morgan fingerprint density at radius 1 is 1.80 bits per heavy atom. The first-order chi connectivity index (χ1) is 4.63. The van der Waals surface area contributed by atoms with E-state index in [0.29, 0.717) is 0 Å². The van der Waals surface area contributed by atoms with Gasteiger partial charge in [0, 0.05) is 7.11 Å². The Kier molecular flexibility index (Phi) is 4.18. The third-order valence-corrected chi connectivity index (χ3v) is 1.35. The molecule has 0 aliphatic rings. The molecule has 0 bridgehead atoms. The molecule has 4 nitrogen and oxygen atoms in total. The number of methoxy groups -OCH3 is 1. The molecule has 0 aromatic carbocycles. The Balaban J connectivity index is 3.81. The Labute approximate surface area is 60.0 Å². The van der Waals surface area contributed by atoms with E-state index in [1.54, 1.807) is 6.92 Å². The molecule has 2 atom stereocenters. The van der Waals surface area contributed by atoms with Crippen LogP contribution in [0.1, 0.15) is 6.92 Å². The highest BCUT2D eigenvalue weighted by molar-refractivity contribution is 5.85. The summed E-state index contributed by atoms with van der Waals surface area (Å²) >= 11 is 0. The van der Waals surface area contributed by atoms with Gasteiger partial charge in [0.25, 0.3) is 0 Å². The minimum Gasteiger partial charge on any atom is -0.383 e. The second-order valence-electron chi connectivity index (χ2n) is 2.06. The van der Waals surface area contributed by atoms with Gasteiger partial charge < -0.3 is 15.6 Å². The maximum atomic E-state index is 10.7. The second-order valence-corrected chi connectivity index (χ2v) is 2.06. The zero-order valence-corrected chi connectivity index (χ0v) is 6.20. The third kappa shape index (κ3) is 2.43. The lowest BCUT2D eigenvalue weighted by molar-refractivity contribution is -0.132. The van der Waals surface area contributed by atoms with E-state index in [2.05, 4.69) is 0 Å². The number of hydrogen-bond acceptors (Lipinski definition) is 4. The van der Waals surface area contributed by atoms with Crippen LogP contribution >= 0.6 is 0 Å². The van der Waals surface area contributed by atoms with Crippen molar-refractivity contribution in [3.63, 3.8) is 0 Å². The van der Waals surface area contributed by atoms with Crippen molar-refractivity contribution in [3.8, 4) is 0 Å². The highest BCUT2D eigenvalue weighted by Crippen LogP contribution is 1.96. The van der Waals surface area contributed by atoms with E-state index in [1.165, 1.54) is 7.11 Å². The molecule has 0 heterocycles. The number of rotatable bonds is 4. The van der Waals surface area contributed by atoms with Crippen molar-refractivity contribution in [2.24, 2.45) is 5.73 Å². The van der Waals surface area contributed by atoms with Gasteiger partial charge in [0.05, 0.1) is 12.6 Å². The van der Waals surface area contributed by atoms with E-state index in [1.807, 2.05) is 0 Å². The topological polar surface area (TPSA) is 72.5 Å². The molecule has 0 amide bonds. The predicted molar refractivity (Wildman–Crippen MR) is 36.5 cm³/mol. The van der Waals surface area contributed by atoms with Crippen LogP contribution in [0.3, 0.4) is 0 Å². The molecular weight excluding hydrogens is 134 g/mol. The number of nitrogens with two attached hydrogens (primary N) is 1. The zero-order valence-electron chi connectivity index (χ0n) is 6.20. The van der Waals surface area contributed by atoms with Gasteiger partial charge in [-0.25, -0.2) is 0 Å². The molecule has 0 radical (unpaired) electrons. The molecule has 0 saturated heterocycles. The fourth-order valence-corrected chi connectivity index (χ4v) is 0.511. The van der Waals surface area contributed by atoms with E-state index in [9.17, 15) is 4.79 Å². The molecule has 3 N–H and O–H groups in total. The predicted octanol–water partition coefficient (Wildman–Crippen LogP) is -1.09. The molecule has 0 saturated carbocycles. The summed E-state index contributed by atoms with van der Waals surface area (Å²) in [6, 6.07) is 0. The van der Waals surface area contributed by atoms with Crippen LogP contribution in [-0.4, -0.2) is 36.8 Å². The molecular formula is C6H13NO3. The zero-order chi connectivity index (χ0) is 8.15. The second kappa shape index (κ2) is 4.38. The van der Waals surface area contributed by atoms with Gasteiger partial charge in [-0.05, 0) is 6.92 Å². The Bertz CT molecular complexity index is 116. The molecule has 0 unspecified atom stereocenters. The van der Waals surface area contributed by atoms with Crippen LogP contribution < -0.4 is 5.73 Å². The summed E-state index contributed by atoms with van der Waals surface area (Å²) in [5.41, 5.74) is 5.00. The highest BCUT2D eigenvalue weighted by Gasteiger charge is 2.19. The molecule has 4 heteroatoms. The Hall–Kier alpha value is -0.450.